The lowest BCUT2D eigenvalue weighted by Gasteiger charge is -2.22. The fraction of sp³-hybridized carbons (Fsp3) is 0.591. The first-order valence-corrected chi connectivity index (χ1v) is 13.0. The Bertz CT molecular complexity index is 915. The number of amides is 2. The van der Waals surface area contributed by atoms with Crippen LogP contribution in [-0.2, 0) is 14.8 Å². The van der Waals surface area contributed by atoms with Gasteiger partial charge in [-0.1, -0.05) is 19.4 Å². The van der Waals surface area contributed by atoms with Crippen LogP contribution < -0.4 is 20.7 Å². The Morgan fingerprint density at radius 2 is 1.76 bits per heavy atom. The van der Waals surface area contributed by atoms with Gasteiger partial charge < -0.3 is 21.1 Å². The van der Waals surface area contributed by atoms with Crippen LogP contribution in [-0.4, -0.2) is 69.3 Å². The number of carbonyl (C=O) groups is 3. The Kier molecular flexibility index (Phi) is 10.8. The molecule has 33 heavy (non-hydrogen) atoms. The second kappa shape index (κ2) is 13.3. The number of hydrogen-bond donors (Lipinski definition) is 5. The molecule has 11 heteroatoms. The Labute approximate surface area is 195 Å². The van der Waals surface area contributed by atoms with E-state index in [9.17, 15) is 27.9 Å². The van der Waals surface area contributed by atoms with E-state index in [-0.39, 0.29) is 17.2 Å². The Balaban J connectivity index is 1.89. The summed E-state index contributed by atoms with van der Waals surface area (Å²) in [6.45, 7) is 3.95. The lowest BCUT2D eigenvalue weighted by atomic mass is 9.95. The molecule has 0 radical (unpaired) electrons. The second-order valence-electron chi connectivity index (χ2n) is 8.21. The molecule has 5 N–H and O–H groups in total. The highest BCUT2D eigenvalue weighted by molar-refractivity contribution is 7.89. The van der Waals surface area contributed by atoms with Crippen molar-refractivity contribution in [3.63, 3.8) is 0 Å². The van der Waals surface area contributed by atoms with Crippen LogP contribution in [0.25, 0.3) is 0 Å². The summed E-state index contributed by atoms with van der Waals surface area (Å²) in [6, 6.07) is 4.60. The van der Waals surface area contributed by atoms with Gasteiger partial charge in [-0.05, 0) is 62.9 Å². The van der Waals surface area contributed by atoms with Crippen molar-refractivity contribution in [3.8, 4) is 0 Å². The third kappa shape index (κ3) is 9.48. The predicted octanol–water partition coefficient (Wildman–Crippen LogP) is 0.709. The van der Waals surface area contributed by atoms with Gasteiger partial charge in [-0.2, -0.15) is 4.72 Å². The highest BCUT2D eigenvalue weighted by Gasteiger charge is 2.24. The summed E-state index contributed by atoms with van der Waals surface area (Å²) in [5, 5.41) is 17.9. The molecule has 1 aliphatic heterocycles. The topological polar surface area (TPSA) is 154 Å². The zero-order valence-electron chi connectivity index (χ0n) is 18.9. The van der Waals surface area contributed by atoms with Crippen LogP contribution in [0.5, 0.6) is 0 Å². The molecule has 2 amide bonds. The monoisotopic (exact) mass is 482 g/mol. The standard InChI is InChI=1S/C22H34N4O6S/c1-2-3-13-33(31,32)26-19(22(29)30)15-25-21(28)18-6-4-5-17(14-18)20(27)24-12-9-16-7-10-23-11-8-16/h4-6,14,16,19,23,26H,2-3,7-13,15H2,1H3,(H,24,27)(H,25,28)(H,29,30). The normalized spacial score (nSPS) is 15.5. The Hall–Kier alpha value is -2.50. The number of carboxylic acid groups (broad SMARTS) is 1. The van der Waals surface area contributed by atoms with Crippen LogP contribution in [0.4, 0.5) is 0 Å². The minimum absolute atomic E-state index is 0.180. The number of sulfonamides is 1. The number of piperidine rings is 1. The van der Waals surface area contributed by atoms with E-state index < -0.39 is 34.5 Å². The first-order valence-electron chi connectivity index (χ1n) is 11.3. The number of carbonyl (C=O) groups excluding carboxylic acids is 2. The number of aliphatic carboxylic acids is 1. The number of benzene rings is 1. The SMILES string of the molecule is CCCCS(=O)(=O)NC(CNC(=O)c1cccc(C(=O)NCCC2CCNCC2)c1)C(=O)O. The van der Waals surface area contributed by atoms with E-state index >= 15 is 0 Å². The van der Waals surface area contributed by atoms with Crippen molar-refractivity contribution in [2.45, 2.75) is 45.1 Å². The van der Waals surface area contributed by atoms with Gasteiger partial charge in [0.2, 0.25) is 10.0 Å². The predicted molar refractivity (Wildman–Crippen MR) is 125 cm³/mol. The average molecular weight is 483 g/mol. The van der Waals surface area contributed by atoms with Crippen LogP contribution in [0.15, 0.2) is 24.3 Å². The van der Waals surface area contributed by atoms with Crippen molar-refractivity contribution in [2.75, 3.05) is 31.9 Å². The number of rotatable bonds is 13. The van der Waals surface area contributed by atoms with Gasteiger partial charge in [0.05, 0.1) is 5.75 Å². The second-order valence-corrected chi connectivity index (χ2v) is 10.1. The van der Waals surface area contributed by atoms with Crippen LogP contribution in [0.2, 0.25) is 0 Å². The summed E-state index contributed by atoms with van der Waals surface area (Å²) >= 11 is 0. The molecule has 0 spiro atoms. The van der Waals surface area contributed by atoms with Crippen LogP contribution >= 0.6 is 0 Å². The number of carboxylic acids is 1. The van der Waals surface area contributed by atoms with Gasteiger partial charge in [-0.25, -0.2) is 8.42 Å². The first-order chi connectivity index (χ1) is 15.7. The van der Waals surface area contributed by atoms with Crippen LogP contribution in [0.1, 0.15) is 59.7 Å². The minimum Gasteiger partial charge on any atom is -0.480 e. The molecule has 2 rings (SSSR count). The molecule has 184 valence electrons. The lowest BCUT2D eigenvalue weighted by molar-refractivity contribution is -0.138. The van der Waals surface area contributed by atoms with E-state index in [0.29, 0.717) is 30.9 Å². The molecular weight excluding hydrogens is 448 g/mol. The molecule has 1 saturated heterocycles. The molecule has 1 aromatic carbocycles. The molecule has 1 aromatic rings. The molecule has 0 aromatic heterocycles. The van der Waals surface area contributed by atoms with Crippen molar-refractivity contribution >= 4 is 27.8 Å². The smallest absolute Gasteiger partial charge is 0.323 e. The molecule has 1 heterocycles. The lowest BCUT2D eigenvalue weighted by Crippen LogP contribution is -2.49. The molecule has 0 aliphatic carbocycles. The molecule has 1 aliphatic rings. The van der Waals surface area contributed by atoms with Gasteiger partial charge in [0.1, 0.15) is 6.04 Å². The summed E-state index contributed by atoms with van der Waals surface area (Å²) in [7, 11) is -3.77. The van der Waals surface area contributed by atoms with Crippen molar-refractivity contribution in [1.29, 1.82) is 0 Å². The van der Waals surface area contributed by atoms with Gasteiger partial charge in [0, 0.05) is 24.2 Å². The molecule has 1 fully saturated rings. The maximum absolute atomic E-state index is 12.5. The maximum Gasteiger partial charge on any atom is 0.323 e. The number of unbranched alkanes of at least 4 members (excludes halogenated alkanes) is 1. The fourth-order valence-corrected chi connectivity index (χ4v) is 4.95. The molecule has 0 bridgehead atoms. The third-order valence-electron chi connectivity index (χ3n) is 5.54. The zero-order valence-corrected chi connectivity index (χ0v) is 19.7. The van der Waals surface area contributed by atoms with Crippen molar-refractivity contribution < 1.29 is 27.9 Å². The minimum atomic E-state index is -3.77. The van der Waals surface area contributed by atoms with Crippen molar-refractivity contribution in [1.82, 2.24) is 20.7 Å². The van der Waals surface area contributed by atoms with E-state index in [1.165, 1.54) is 12.1 Å². The van der Waals surface area contributed by atoms with Crippen molar-refractivity contribution in [2.24, 2.45) is 5.92 Å². The van der Waals surface area contributed by atoms with E-state index in [0.717, 1.165) is 32.4 Å². The summed E-state index contributed by atoms with van der Waals surface area (Å²) < 4.78 is 26.1. The Morgan fingerprint density at radius 3 is 2.36 bits per heavy atom. The Morgan fingerprint density at radius 1 is 1.12 bits per heavy atom. The maximum atomic E-state index is 12.5. The highest BCUT2D eigenvalue weighted by atomic mass is 32.2. The van der Waals surface area contributed by atoms with E-state index in [1.807, 2.05) is 6.92 Å². The summed E-state index contributed by atoms with van der Waals surface area (Å²) in [5.41, 5.74) is 0.502. The first kappa shape index (κ1) is 26.7. The zero-order chi connectivity index (χ0) is 24.3. The molecule has 1 unspecified atom stereocenters. The van der Waals surface area contributed by atoms with Gasteiger partial charge in [-0.3, -0.25) is 14.4 Å². The quantitative estimate of drug-likeness (QED) is 0.277. The van der Waals surface area contributed by atoms with Gasteiger partial charge >= 0.3 is 5.97 Å². The summed E-state index contributed by atoms with van der Waals surface area (Å²) in [5.74, 6) is -1.87. The van der Waals surface area contributed by atoms with Crippen LogP contribution in [0.3, 0.4) is 0 Å². The van der Waals surface area contributed by atoms with Crippen molar-refractivity contribution in [3.05, 3.63) is 35.4 Å². The summed E-state index contributed by atoms with van der Waals surface area (Å²) in [6.07, 6.45) is 4.14. The molecule has 10 nitrogen and oxygen atoms in total. The number of hydrogen-bond acceptors (Lipinski definition) is 6. The molecule has 0 saturated carbocycles. The fourth-order valence-electron chi connectivity index (χ4n) is 3.55. The molecule has 1 atom stereocenters. The summed E-state index contributed by atoms with van der Waals surface area (Å²) in [4.78, 5) is 36.4. The highest BCUT2D eigenvalue weighted by Crippen LogP contribution is 2.15. The number of nitrogens with one attached hydrogen (secondary N) is 4. The van der Waals surface area contributed by atoms with E-state index in [4.69, 9.17) is 0 Å². The van der Waals surface area contributed by atoms with Crippen LogP contribution in [0, 0.1) is 5.92 Å². The third-order valence-corrected chi connectivity index (χ3v) is 7.01. The largest absolute Gasteiger partial charge is 0.480 e. The van der Waals surface area contributed by atoms with Gasteiger partial charge in [-0.15, -0.1) is 0 Å². The van der Waals surface area contributed by atoms with E-state index in [1.54, 1.807) is 12.1 Å². The average Bonchev–Trinajstić information content (AvgIpc) is 2.80. The van der Waals surface area contributed by atoms with Gasteiger partial charge in [0.25, 0.3) is 11.8 Å². The molecular formula is C22H34N4O6S. The van der Waals surface area contributed by atoms with Gasteiger partial charge in [0.15, 0.2) is 0 Å². The van der Waals surface area contributed by atoms with E-state index in [2.05, 4.69) is 20.7 Å².